The molecule has 2 atom stereocenters. The highest BCUT2D eigenvalue weighted by atomic mass is 32.2. The molecule has 0 aliphatic carbocycles. The normalized spacial score (nSPS) is 13.4. The van der Waals surface area contributed by atoms with Crippen molar-refractivity contribution >= 4 is 32.0 Å². The Bertz CT molecular complexity index is 1250. The second kappa shape index (κ2) is 13.4. The molecule has 0 aliphatic rings. The molecule has 2 aromatic carbocycles. The van der Waals surface area contributed by atoms with Crippen molar-refractivity contribution in [3.05, 3.63) is 89.7 Å². The molecule has 3 rings (SSSR count). The van der Waals surface area contributed by atoms with Crippen molar-refractivity contribution in [2.75, 3.05) is 19.1 Å². The van der Waals surface area contributed by atoms with Gasteiger partial charge in [-0.15, -0.1) is 0 Å². The summed E-state index contributed by atoms with van der Waals surface area (Å²) in [5.41, 5.74) is 4.13. The molecule has 208 valence electrons. The Hall–Kier alpha value is -2.94. The Morgan fingerprint density at radius 2 is 1.67 bits per heavy atom. The van der Waals surface area contributed by atoms with Gasteiger partial charge in [-0.2, -0.15) is 11.8 Å². The maximum absolute atomic E-state index is 13.6. The molecule has 0 fully saturated rings. The van der Waals surface area contributed by atoms with Crippen LogP contribution in [-0.4, -0.2) is 50.3 Å². The minimum absolute atomic E-state index is 0.0139. The van der Waals surface area contributed by atoms with Crippen molar-refractivity contribution in [2.45, 2.75) is 57.5 Å². The summed E-state index contributed by atoms with van der Waals surface area (Å²) in [4.78, 5) is 30.2. The van der Waals surface area contributed by atoms with Crippen molar-refractivity contribution in [1.82, 2.24) is 10.3 Å². The number of carbonyl (C=O) groups excluding carboxylic acids is 2. The Labute approximate surface area is 238 Å². The van der Waals surface area contributed by atoms with E-state index in [1.807, 2.05) is 66.9 Å². The van der Waals surface area contributed by atoms with E-state index in [0.717, 1.165) is 28.0 Å². The smallest absolute Gasteiger partial charge is 0.328 e. The summed E-state index contributed by atoms with van der Waals surface area (Å²) in [5.74, 6) is -0.0402. The number of rotatable bonds is 11. The number of pyridine rings is 1. The number of nitrogens with one attached hydrogen (secondary N) is 1. The number of nitrogens with zero attached hydrogens (tertiary/aromatic N) is 1. The largest absolute Gasteiger partial charge is 0.467 e. The molecular formula is C31H40N2O4SSi. The molecule has 1 heterocycles. The molecule has 0 saturated heterocycles. The van der Waals surface area contributed by atoms with E-state index in [1.54, 1.807) is 24.2 Å². The summed E-state index contributed by atoms with van der Waals surface area (Å²) < 4.78 is 11.9. The molecule has 6 nitrogen and oxygen atoms in total. The number of carbonyl (C=O) groups is 2. The molecule has 0 saturated carbocycles. The Balaban J connectivity index is 2.10. The minimum Gasteiger partial charge on any atom is -0.467 e. The zero-order chi connectivity index (χ0) is 28.6. The Morgan fingerprint density at radius 1 is 1.00 bits per heavy atom. The number of ether oxygens (including phenoxy) is 1. The third-order valence-electron chi connectivity index (χ3n) is 7.30. The van der Waals surface area contributed by atoms with E-state index in [1.165, 1.54) is 7.11 Å². The van der Waals surface area contributed by atoms with Crippen LogP contribution in [0.4, 0.5) is 0 Å². The van der Waals surface area contributed by atoms with Crippen molar-refractivity contribution in [1.29, 1.82) is 0 Å². The quantitative estimate of drug-likeness (QED) is 0.202. The van der Waals surface area contributed by atoms with E-state index in [4.69, 9.17) is 9.16 Å². The van der Waals surface area contributed by atoms with E-state index in [2.05, 4.69) is 44.2 Å². The maximum atomic E-state index is 13.6. The number of thioether (sulfide) groups is 1. The van der Waals surface area contributed by atoms with Gasteiger partial charge in [0, 0.05) is 18.0 Å². The molecule has 0 bridgehead atoms. The highest BCUT2D eigenvalue weighted by Gasteiger charge is 2.40. The number of amides is 1. The molecule has 39 heavy (non-hydrogen) atoms. The van der Waals surface area contributed by atoms with E-state index in [0.29, 0.717) is 12.0 Å². The molecule has 1 unspecified atom stereocenters. The van der Waals surface area contributed by atoms with Crippen LogP contribution in [0, 0.1) is 0 Å². The Morgan fingerprint density at radius 3 is 2.26 bits per heavy atom. The SMILES string of the molecule is COC(=O)[C@H](CCSC)NC(=O)c1ccc(C(O[Si](C)(C)C(C)(C)C)c2ccncc2)cc1-c1ccccc1. The van der Waals surface area contributed by atoms with Gasteiger partial charge >= 0.3 is 5.97 Å². The zero-order valence-electron chi connectivity index (χ0n) is 24.0. The fourth-order valence-corrected chi connectivity index (χ4v) is 5.67. The molecule has 3 aromatic rings. The summed E-state index contributed by atoms with van der Waals surface area (Å²) in [7, 11) is -0.831. The lowest BCUT2D eigenvalue weighted by Crippen LogP contribution is -2.42. The van der Waals surface area contributed by atoms with Crippen LogP contribution in [0.15, 0.2) is 73.1 Å². The van der Waals surface area contributed by atoms with Crippen LogP contribution in [0.1, 0.15) is 54.8 Å². The van der Waals surface area contributed by atoms with E-state index >= 15 is 0 Å². The van der Waals surface area contributed by atoms with Crippen LogP contribution < -0.4 is 5.32 Å². The van der Waals surface area contributed by atoms with Crippen LogP contribution in [0.3, 0.4) is 0 Å². The first-order valence-corrected chi connectivity index (χ1v) is 17.4. The lowest BCUT2D eigenvalue weighted by atomic mass is 9.93. The molecule has 0 spiro atoms. The average Bonchev–Trinajstić information content (AvgIpc) is 2.93. The van der Waals surface area contributed by atoms with E-state index in [9.17, 15) is 9.59 Å². The number of esters is 1. The summed E-state index contributed by atoms with van der Waals surface area (Å²) >= 11 is 1.62. The van der Waals surface area contributed by atoms with Crippen molar-refractivity contribution in [3.63, 3.8) is 0 Å². The molecule has 1 amide bonds. The number of methoxy groups -OCH3 is 1. The fourth-order valence-electron chi connectivity index (χ4n) is 3.98. The highest BCUT2D eigenvalue weighted by molar-refractivity contribution is 7.98. The Kier molecular flexibility index (Phi) is 10.5. The predicted molar refractivity (Wildman–Crippen MR) is 163 cm³/mol. The standard InChI is InChI=1S/C31H40N2O4SSi/c1-31(2,3)39(6,7)37-28(23-15-18-32-19-16-23)24-13-14-25(26(21-24)22-11-9-8-10-12-22)29(34)33-27(17-20-38-5)30(35)36-4/h8-16,18-19,21,27-28H,17,20H2,1-7H3,(H,33,34)/t27-,28?/m0/s1. The first-order valence-electron chi connectivity index (χ1n) is 13.1. The summed E-state index contributed by atoms with van der Waals surface area (Å²) in [6, 6.07) is 18.9. The van der Waals surface area contributed by atoms with Gasteiger partial charge in [0.05, 0.1) is 13.2 Å². The lowest BCUT2D eigenvalue weighted by Gasteiger charge is -2.39. The summed E-state index contributed by atoms with van der Waals surface area (Å²) in [6.45, 7) is 11.1. The van der Waals surface area contributed by atoms with Gasteiger partial charge in [-0.05, 0) is 83.1 Å². The number of hydrogen-bond donors (Lipinski definition) is 1. The minimum atomic E-state index is -2.17. The zero-order valence-corrected chi connectivity index (χ0v) is 25.8. The van der Waals surface area contributed by atoms with Crippen molar-refractivity contribution < 1.29 is 18.8 Å². The van der Waals surface area contributed by atoms with Gasteiger partial charge in [-0.1, -0.05) is 57.2 Å². The third kappa shape index (κ3) is 7.81. The number of hydrogen-bond acceptors (Lipinski definition) is 6. The fraction of sp³-hybridized carbons (Fsp3) is 0.387. The van der Waals surface area contributed by atoms with Crippen LogP contribution >= 0.6 is 11.8 Å². The van der Waals surface area contributed by atoms with Gasteiger partial charge in [0.1, 0.15) is 6.04 Å². The second-order valence-electron chi connectivity index (χ2n) is 11.0. The third-order valence-corrected chi connectivity index (χ3v) is 12.4. The van der Waals surface area contributed by atoms with E-state index < -0.39 is 20.3 Å². The summed E-state index contributed by atoms with van der Waals surface area (Å²) in [5, 5.41) is 2.92. The van der Waals surface area contributed by atoms with Gasteiger partial charge in [0.25, 0.3) is 5.91 Å². The first kappa shape index (κ1) is 30.6. The topological polar surface area (TPSA) is 77.5 Å². The van der Waals surface area contributed by atoms with Gasteiger partial charge in [-0.25, -0.2) is 4.79 Å². The summed E-state index contributed by atoms with van der Waals surface area (Å²) in [6.07, 6.45) is 5.69. The van der Waals surface area contributed by atoms with Gasteiger partial charge in [0.2, 0.25) is 0 Å². The van der Waals surface area contributed by atoms with Crippen molar-refractivity contribution in [3.8, 4) is 11.1 Å². The van der Waals surface area contributed by atoms with Gasteiger partial charge in [-0.3, -0.25) is 9.78 Å². The van der Waals surface area contributed by atoms with Crippen LogP contribution in [0.25, 0.3) is 11.1 Å². The molecular weight excluding hydrogens is 525 g/mol. The van der Waals surface area contributed by atoms with Gasteiger partial charge in [0.15, 0.2) is 8.32 Å². The van der Waals surface area contributed by atoms with Crippen molar-refractivity contribution in [2.24, 2.45) is 0 Å². The lowest BCUT2D eigenvalue weighted by molar-refractivity contribution is -0.142. The number of benzene rings is 2. The number of aromatic nitrogens is 1. The molecule has 8 heteroatoms. The highest BCUT2D eigenvalue weighted by Crippen LogP contribution is 2.42. The predicted octanol–water partition coefficient (Wildman–Crippen LogP) is 6.88. The van der Waals surface area contributed by atoms with Gasteiger partial charge < -0.3 is 14.5 Å². The van der Waals surface area contributed by atoms with E-state index in [-0.39, 0.29) is 17.0 Å². The molecule has 1 aromatic heterocycles. The van der Waals surface area contributed by atoms with Crippen LogP contribution in [0.5, 0.6) is 0 Å². The molecule has 0 radical (unpaired) electrons. The maximum Gasteiger partial charge on any atom is 0.328 e. The monoisotopic (exact) mass is 564 g/mol. The van der Waals surface area contributed by atoms with Crippen LogP contribution in [0.2, 0.25) is 18.1 Å². The first-order chi connectivity index (χ1) is 18.5. The average molecular weight is 565 g/mol. The molecule has 1 N–H and O–H groups in total. The second-order valence-corrected chi connectivity index (χ2v) is 16.8. The van der Waals surface area contributed by atoms with Crippen LogP contribution in [-0.2, 0) is 14.0 Å². The molecule has 0 aliphatic heterocycles.